The number of unbranched alkanes of at least 4 members (excludes halogenated alkanes) is 6. The van der Waals surface area contributed by atoms with Crippen LogP contribution in [0.25, 0.3) is 0 Å². The van der Waals surface area contributed by atoms with Crippen LogP contribution in [0.3, 0.4) is 0 Å². The molecule has 0 saturated carbocycles. The Balaban J connectivity index is 3.62. The normalized spacial score (nSPS) is 14.4. The van der Waals surface area contributed by atoms with Gasteiger partial charge in [0.1, 0.15) is 12.2 Å². The van der Waals surface area contributed by atoms with Gasteiger partial charge in [-0.05, 0) is 6.42 Å². The zero-order valence-corrected chi connectivity index (χ0v) is 12.5. The van der Waals surface area contributed by atoms with Gasteiger partial charge in [-0.25, -0.2) is 0 Å². The summed E-state index contributed by atoms with van der Waals surface area (Å²) in [6, 6.07) is 0. The minimum Gasteiger partial charge on any atom is -0.394 e. The Morgan fingerprint density at radius 2 is 1.72 bits per heavy atom. The SMILES string of the molecule is CCCCCCCCCC(=O)C(OP)C(O)CO. The van der Waals surface area contributed by atoms with E-state index in [0.29, 0.717) is 6.42 Å². The number of carbonyl (C=O) groups is 1. The highest BCUT2D eigenvalue weighted by atomic mass is 31.0. The second-order valence-corrected chi connectivity index (χ2v) is 4.92. The van der Waals surface area contributed by atoms with Crippen molar-refractivity contribution in [3.05, 3.63) is 0 Å². The van der Waals surface area contributed by atoms with E-state index < -0.39 is 18.8 Å². The fourth-order valence-electron chi connectivity index (χ4n) is 1.88. The van der Waals surface area contributed by atoms with Crippen LogP contribution in [-0.4, -0.2) is 34.8 Å². The monoisotopic (exact) mass is 278 g/mol. The third-order valence-electron chi connectivity index (χ3n) is 3.03. The molecule has 0 fully saturated rings. The molecule has 0 spiro atoms. The average Bonchev–Trinajstić information content (AvgIpc) is 2.38. The summed E-state index contributed by atoms with van der Waals surface area (Å²) in [5.74, 6) is -0.139. The first-order valence-electron chi connectivity index (χ1n) is 6.84. The largest absolute Gasteiger partial charge is 0.394 e. The lowest BCUT2D eigenvalue weighted by atomic mass is 10.0. The van der Waals surface area contributed by atoms with Crippen LogP contribution in [0, 0.1) is 0 Å². The van der Waals surface area contributed by atoms with Crippen molar-refractivity contribution >= 4 is 15.2 Å². The Kier molecular flexibility index (Phi) is 12.0. The maximum Gasteiger partial charge on any atom is 0.164 e. The summed E-state index contributed by atoms with van der Waals surface area (Å²) in [6.07, 6.45) is 6.40. The third kappa shape index (κ3) is 8.15. The molecule has 0 aromatic rings. The molecule has 0 bridgehead atoms. The first kappa shape index (κ1) is 18.0. The molecule has 108 valence electrons. The minimum absolute atomic E-state index is 0.139. The van der Waals surface area contributed by atoms with Gasteiger partial charge in [-0.2, -0.15) is 0 Å². The second-order valence-electron chi connectivity index (χ2n) is 4.64. The molecular formula is C13H27O4P. The zero-order valence-electron chi connectivity index (χ0n) is 11.3. The van der Waals surface area contributed by atoms with Crippen molar-refractivity contribution < 1.29 is 19.5 Å². The van der Waals surface area contributed by atoms with Gasteiger partial charge in [0, 0.05) is 15.9 Å². The molecule has 0 amide bonds. The summed E-state index contributed by atoms with van der Waals surface area (Å²) < 4.78 is 4.83. The lowest BCUT2D eigenvalue weighted by Crippen LogP contribution is -2.36. The van der Waals surface area contributed by atoms with Crippen molar-refractivity contribution in [3.8, 4) is 0 Å². The van der Waals surface area contributed by atoms with Gasteiger partial charge in [0.05, 0.1) is 6.61 Å². The van der Waals surface area contributed by atoms with Crippen LogP contribution in [0.2, 0.25) is 0 Å². The van der Waals surface area contributed by atoms with E-state index in [-0.39, 0.29) is 5.78 Å². The van der Waals surface area contributed by atoms with Gasteiger partial charge in [-0.15, -0.1) is 0 Å². The number of aliphatic hydroxyl groups is 2. The van der Waals surface area contributed by atoms with Gasteiger partial charge < -0.3 is 14.7 Å². The quantitative estimate of drug-likeness (QED) is 0.424. The molecule has 0 aromatic carbocycles. The van der Waals surface area contributed by atoms with E-state index in [0.717, 1.165) is 19.3 Å². The molecular weight excluding hydrogens is 251 g/mol. The molecule has 0 aromatic heterocycles. The molecule has 3 atom stereocenters. The molecule has 0 saturated heterocycles. The first-order valence-corrected chi connectivity index (χ1v) is 7.31. The highest BCUT2D eigenvalue weighted by Crippen LogP contribution is 2.13. The minimum atomic E-state index is -1.13. The van der Waals surface area contributed by atoms with Gasteiger partial charge >= 0.3 is 0 Å². The van der Waals surface area contributed by atoms with Crippen LogP contribution < -0.4 is 0 Å². The van der Waals surface area contributed by atoms with Gasteiger partial charge in [0.25, 0.3) is 0 Å². The number of hydrogen-bond donors (Lipinski definition) is 2. The Bertz CT molecular complexity index is 211. The highest BCUT2D eigenvalue weighted by molar-refractivity contribution is 7.09. The van der Waals surface area contributed by atoms with Crippen LogP contribution in [-0.2, 0) is 9.32 Å². The van der Waals surface area contributed by atoms with Crippen molar-refractivity contribution in [1.29, 1.82) is 0 Å². The zero-order chi connectivity index (χ0) is 13.8. The van der Waals surface area contributed by atoms with Crippen LogP contribution >= 0.6 is 9.47 Å². The fourth-order valence-corrected chi connectivity index (χ4v) is 2.21. The number of aliphatic hydroxyl groups excluding tert-OH is 2. The molecule has 3 unspecified atom stereocenters. The van der Waals surface area contributed by atoms with Gasteiger partial charge in [-0.3, -0.25) is 4.79 Å². The van der Waals surface area contributed by atoms with Gasteiger partial charge in [-0.1, -0.05) is 45.4 Å². The number of hydrogen-bond acceptors (Lipinski definition) is 4. The van der Waals surface area contributed by atoms with Crippen molar-refractivity contribution in [1.82, 2.24) is 0 Å². The first-order chi connectivity index (χ1) is 8.67. The topological polar surface area (TPSA) is 66.8 Å². The van der Waals surface area contributed by atoms with Crippen LogP contribution in [0.4, 0.5) is 0 Å². The standard InChI is InChI=1S/C13H27O4P/c1-2-3-4-5-6-7-8-9-11(15)13(17-18)12(16)10-14/h12-14,16H,2-10,18H2,1H3. The predicted octanol–water partition coefficient (Wildman–Crippen LogP) is 2.22. The number of Topliss-reactive ketones (excluding diaryl/α,β-unsaturated/α-hetero) is 1. The molecule has 0 aliphatic rings. The Morgan fingerprint density at radius 3 is 2.22 bits per heavy atom. The summed E-state index contributed by atoms with van der Waals surface area (Å²) in [4.78, 5) is 11.7. The molecule has 2 N–H and O–H groups in total. The fraction of sp³-hybridized carbons (Fsp3) is 0.923. The van der Waals surface area contributed by atoms with Crippen LogP contribution in [0.15, 0.2) is 0 Å². The van der Waals surface area contributed by atoms with Gasteiger partial charge in [0.2, 0.25) is 0 Å². The lowest BCUT2D eigenvalue weighted by Gasteiger charge is -2.18. The molecule has 5 heteroatoms. The van der Waals surface area contributed by atoms with Crippen LogP contribution in [0.1, 0.15) is 58.3 Å². The molecule has 0 rings (SSSR count). The van der Waals surface area contributed by atoms with Crippen molar-refractivity contribution in [2.75, 3.05) is 6.61 Å². The van der Waals surface area contributed by atoms with E-state index in [4.69, 9.17) is 9.63 Å². The van der Waals surface area contributed by atoms with Crippen molar-refractivity contribution in [3.63, 3.8) is 0 Å². The predicted molar refractivity (Wildman–Crippen MR) is 75.3 cm³/mol. The molecule has 4 nitrogen and oxygen atoms in total. The van der Waals surface area contributed by atoms with Crippen LogP contribution in [0.5, 0.6) is 0 Å². The smallest absolute Gasteiger partial charge is 0.164 e. The summed E-state index contributed by atoms with van der Waals surface area (Å²) in [6.45, 7) is 1.73. The number of ketones is 1. The van der Waals surface area contributed by atoms with E-state index in [9.17, 15) is 9.90 Å². The summed E-state index contributed by atoms with van der Waals surface area (Å²) >= 11 is 0. The Hall–Kier alpha value is -0.0200. The second kappa shape index (κ2) is 12.0. The van der Waals surface area contributed by atoms with Gasteiger partial charge in [0.15, 0.2) is 5.78 Å². The van der Waals surface area contributed by atoms with E-state index in [1.54, 1.807) is 0 Å². The Morgan fingerprint density at radius 1 is 1.17 bits per heavy atom. The maximum absolute atomic E-state index is 11.7. The number of rotatable bonds is 12. The molecule has 0 aliphatic carbocycles. The van der Waals surface area contributed by atoms with E-state index in [1.807, 2.05) is 9.47 Å². The highest BCUT2D eigenvalue weighted by Gasteiger charge is 2.25. The Labute approximate surface area is 112 Å². The van der Waals surface area contributed by atoms with E-state index in [1.165, 1.54) is 25.7 Å². The molecule has 18 heavy (non-hydrogen) atoms. The lowest BCUT2D eigenvalue weighted by molar-refractivity contribution is -0.131. The van der Waals surface area contributed by atoms with Crippen molar-refractivity contribution in [2.24, 2.45) is 0 Å². The van der Waals surface area contributed by atoms with Crippen molar-refractivity contribution in [2.45, 2.75) is 70.5 Å². The molecule has 0 aliphatic heterocycles. The summed E-state index contributed by atoms with van der Waals surface area (Å²) in [5.41, 5.74) is 0. The summed E-state index contributed by atoms with van der Waals surface area (Å²) in [7, 11) is 1.97. The van der Waals surface area contributed by atoms with E-state index in [2.05, 4.69) is 6.92 Å². The summed E-state index contributed by atoms with van der Waals surface area (Å²) in [5, 5.41) is 18.2. The average molecular weight is 278 g/mol. The van der Waals surface area contributed by atoms with E-state index >= 15 is 0 Å². The number of carbonyl (C=O) groups excluding carboxylic acids is 1. The third-order valence-corrected chi connectivity index (χ3v) is 3.32. The maximum atomic E-state index is 11.7. The molecule has 0 radical (unpaired) electrons. The molecule has 0 heterocycles.